The molecule has 0 spiro atoms. The van der Waals surface area contributed by atoms with Crippen molar-refractivity contribution < 1.29 is 14.3 Å². The van der Waals surface area contributed by atoms with Gasteiger partial charge in [0.1, 0.15) is 0 Å². The van der Waals surface area contributed by atoms with Crippen molar-refractivity contribution in [3.63, 3.8) is 0 Å². The summed E-state index contributed by atoms with van der Waals surface area (Å²) in [5.74, 6) is -0.720. The summed E-state index contributed by atoms with van der Waals surface area (Å²) in [7, 11) is 1.32. The van der Waals surface area contributed by atoms with Gasteiger partial charge in [-0.15, -0.1) is 0 Å². The van der Waals surface area contributed by atoms with E-state index in [0.29, 0.717) is 6.42 Å². The minimum Gasteiger partial charge on any atom is -0.467 e. The van der Waals surface area contributed by atoms with E-state index in [2.05, 4.69) is 5.32 Å². The second-order valence-electron chi connectivity index (χ2n) is 3.80. The Bertz CT molecular complexity index is 402. The third-order valence-corrected chi connectivity index (χ3v) is 2.72. The van der Waals surface area contributed by atoms with Gasteiger partial charge in [0.15, 0.2) is 5.54 Å². The fraction of sp³-hybridized carbons (Fsp3) is 0.385. The van der Waals surface area contributed by atoms with Crippen LogP contribution in [-0.4, -0.2) is 19.0 Å². The van der Waals surface area contributed by atoms with Crippen molar-refractivity contribution in [2.24, 2.45) is 0 Å². The van der Waals surface area contributed by atoms with E-state index in [9.17, 15) is 9.59 Å². The average molecular weight is 235 g/mol. The summed E-state index contributed by atoms with van der Waals surface area (Å²) >= 11 is 0. The lowest BCUT2D eigenvalue weighted by molar-refractivity contribution is -0.151. The molecule has 1 aromatic carbocycles. The van der Waals surface area contributed by atoms with E-state index in [1.807, 2.05) is 25.1 Å². The quantitative estimate of drug-likeness (QED) is 0.806. The van der Waals surface area contributed by atoms with Crippen LogP contribution in [0.1, 0.15) is 25.8 Å². The van der Waals surface area contributed by atoms with Crippen molar-refractivity contribution in [2.75, 3.05) is 7.11 Å². The average Bonchev–Trinajstić information content (AvgIpc) is 2.35. The van der Waals surface area contributed by atoms with Crippen molar-refractivity contribution in [1.82, 2.24) is 5.32 Å². The molecule has 0 saturated carbocycles. The first kappa shape index (κ1) is 13.2. The van der Waals surface area contributed by atoms with Crippen LogP contribution in [0.2, 0.25) is 0 Å². The minimum absolute atomic E-state index is 0.263. The fourth-order valence-corrected chi connectivity index (χ4v) is 1.88. The summed E-state index contributed by atoms with van der Waals surface area (Å²) in [5.41, 5.74) is -0.369. The molecule has 0 heterocycles. The number of methoxy groups -OCH3 is 1. The largest absolute Gasteiger partial charge is 0.467 e. The minimum atomic E-state index is -1.10. The number of esters is 1. The molecule has 0 aliphatic carbocycles. The molecule has 0 fully saturated rings. The predicted octanol–water partition coefficient (Wildman–Crippen LogP) is 1.60. The van der Waals surface area contributed by atoms with Crippen molar-refractivity contribution in [1.29, 1.82) is 0 Å². The number of rotatable bonds is 4. The molecule has 0 aliphatic heterocycles. The number of ether oxygens (including phenoxy) is 1. The molecule has 1 atom stereocenters. The monoisotopic (exact) mass is 235 g/mol. The van der Waals surface area contributed by atoms with Crippen molar-refractivity contribution in [3.05, 3.63) is 35.9 Å². The maximum Gasteiger partial charge on any atom is 0.336 e. The Balaban J connectivity index is 3.25. The predicted molar refractivity (Wildman–Crippen MR) is 64.2 cm³/mol. The summed E-state index contributed by atoms with van der Waals surface area (Å²) < 4.78 is 4.81. The molecule has 0 saturated heterocycles. The zero-order valence-electron chi connectivity index (χ0n) is 10.3. The smallest absolute Gasteiger partial charge is 0.336 e. The van der Waals surface area contributed by atoms with Crippen LogP contribution in [0.5, 0.6) is 0 Å². The first-order chi connectivity index (χ1) is 8.06. The molecule has 4 nitrogen and oxygen atoms in total. The Morgan fingerprint density at radius 2 is 1.88 bits per heavy atom. The van der Waals surface area contributed by atoms with Crippen molar-refractivity contribution in [2.45, 2.75) is 25.8 Å². The highest BCUT2D eigenvalue weighted by molar-refractivity contribution is 5.88. The molecular weight excluding hydrogens is 218 g/mol. The van der Waals surface area contributed by atoms with E-state index in [1.54, 1.807) is 12.1 Å². The van der Waals surface area contributed by atoms with Crippen LogP contribution in [0.25, 0.3) is 0 Å². The summed E-state index contributed by atoms with van der Waals surface area (Å²) in [6.45, 7) is 3.22. The van der Waals surface area contributed by atoms with Gasteiger partial charge in [0.25, 0.3) is 0 Å². The Kier molecular flexibility index (Phi) is 4.26. The van der Waals surface area contributed by atoms with Gasteiger partial charge in [0.05, 0.1) is 7.11 Å². The summed E-state index contributed by atoms with van der Waals surface area (Å²) in [6.07, 6.45) is 0.434. The lowest BCUT2D eigenvalue weighted by Crippen LogP contribution is -2.51. The normalized spacial score (nSPS) is 13.6. The highest BCUT2D eigenvalue weighted by atomic mass is 16.5. The Morgan fingerprint density at radius 3 is 2.29 bits per heavy atom. The second kappa shape index (κ2) is 5.48. The molecule has 0 bridgehead atoms. The third kappa shape index (κ3) is 2.64. The summed E-state index contributed by atoms with van der Waals surface area (Å²) in [5, 5.41) is 2.70. The SMILES string of the molecule is CC[C@@](NC(C)=O)(C(=O)OC)c1ccccc1. The molecule has 0 unspecified atom stereocenters. The van der Waals surface area contributed by atoms with Gasteiger partial charge < -0.3 is 10.1 Å². The standard InChI is InChI=1S/C13H17NO3/c1-4-13(12(16)17-3,14-10(2)15)11-8-6-5-7-9-11/h5-9H,4H2,1-3H3,(H,14,15)/t13-/m0/s1. The molecule has 0 radical (unpaired) electrons. The molecule has 1 aromatic rings. The summed E-state index contributed by atoms with van der Waals surface area (Å²) in [4.78, 5) is 23.3. The maximum absolute atomic E-state index is 12.0. The van der Waals surface area contributed by atoms with Gasteiger partial charge in [-0.05, 0) is 12.0 Å². The van der Waals surface area contributed by atoms with Gasteiger partial charge in [-0.25, -0.2) is 4.79 Å². The molecule has 1 rings (SSSR count). The zero-order chi connectivity index (χ0) is 12.9. The lowest BCUT2D eigenvalue weighted by Gasteiger charge is -2.30. The number of carbonyl (C=O) groups excluding carboxylic acids is 2. The van der Waals surface area contributed by atoms with E-state index in [1.165, 1.54) is 14.0 Å². The van der Waals surface area contributed by atoms with E-state index < -0.39 is 11.5 Å². The van der Waals surface area contributed by atoms with E-state index in [0.717, 1.165) is 5.56 Å². The number of carbonyl (C=O) groups is 2. The van der Waals surface area contributed by atoms with Crippen molar-refractivity contribution >= 4 is 11.9 Å². The first-order valence-corrected chi connectivity index (χ1v) is 5.49. The number of benzene rings is 1. The van der Waals surface area contributed by atoms with Crippen LogP contribution in [0, 0.1) is 0 Å². The molecule has 0 aliphatic rings. The second-order valence-corrected chi connectivity index (χ2v) is 3.80. The Hall–Kier alpha value is -1.84. The van der Waals surface area contributed by atoms with Gasteiger partial charge in [-0.3, -0.25) is 4.79 Å². The fourth-order valence-electron chi connectivity index (χ4n) is 1.88. The lowest BCUT2D eigenvalue weighted by atomic mass is 9.87. The van der Waals surface area contributed by atoms with E-state index >= 15 is 0 Å². The van der Waals surface area contributed by atoms with Gasteiger partial charge in [-0.1, -0.05) is 37.3 Å². The van der Waals surface area contributed by atoms with Crippen LogP contribution >= 0.6 is 0 Å². The van der Waals surface area contributed by atoms with Gasteiger partial charge in [-0.2, -0.15) is 0 Å². The van der Waals surface area contributed by atoms with Crippen LogP contribution in [0.15, 0.2) is 30.3 Å². The van der Waals surface area contributed by atoms with Crippen LogP contribution in [0.4, 0.5) is 0 Å². The molecular formula is C13H17NO3. The Morgan fingerprint density at radius 1 is 1.29 bits per heavy atom. The molecule has 1 amide bonds. The van der Waals surface area contributed by atoms with Gasteiger partial charge >= 0.3 is 5.97 Å². The van der Waals surface area contributed by atoms with Crippen LogP contribution < -0.4 is 5.32 Å². The molecule has 1 N–H and O–H groups in total. The zero-order valence-corrected chi connectivity index (χ0v) is 10.3. The molecule has 17 heavy (non-hydrogen) atoms. The Labute approximate surface area is 101 Å². The molecule has 0 aromatic heterocycles. The van der Waals surface area contributed by atoms with Gasteiger partial charge in [0, 0.05) is 6.92 Å². The molecule has 4 heteroatoms. The number of amides is 1. The number of hydrogen-bond donors (Lipinski definition) is 1. The van der Waals surface area contributed by atoms with E-state index in [4.69, 9.17) is 4.74 Å². The van der Waals surface area contributed by atoms with Crippen LogP contribution in [-0.2, 0) is 19.9 Å². The van der Waals surface area contributed by atoms with Crippen molar-refractivity contribution in [3.8, 4) is 0 Å². The van der Waals surface area contributed by atoms with Gasteiger partial charge in [0.2, 0.25) is 5.91 Å². The molecule has 92 valence electrons. The highest BCUT2D eigenvalue weighted by Gasteiger charge is 2.40. The van der Waals surface area contributed by atoms with E-state index in [-0.39, 0.29) is 5.91 Å². The number of hydrogen-bond acceptors (Lipinski definition) is 3. The highest BCUT2D eigenvalue weighted by Crippen LogP contribution is 2.26. The number of nitrogens with one attached hydrogen (secondary N) is 1. The van der Waals surface area contributed by atoms with Crippen LogP contribution in [0.3, 0.4) is 0 Å². The summed E-state index contributed by atoms with van der Waals surface area (Å²) in [6, 6.07) is 9.11. The first-order valence-electron chi connectivity index (χ1n) is 5.49. The third-order valence-electron chi connectivity index (χ3n) is 2.72. The maximum atomic E-state index is 12.0. The topological polar surface area (TPSA) is 55.4 Å².